The van der Waals surface area contributed by atoms with Gasteiger partial charge in [-0.1, -0.05) is 36.8 Å². The third kappa shape index (κ3) is 3.70. The normalized spacial score (nSPS) is 10.7. The van der Waals surface area contributed by atoms with Crippen LogP contribution in [0.5, 0.6) is 0 Å². The molecule has 0 atom stereocenters. The molecular formula is C15H21N3. The van der Waals surface area contributed by atoms with Crippen LogP contribution in [0.25, 0.3) is 11.1 Å². The Morgan fingerprint density at radius 3 is 2.67 bits per heavy atom. The summed E-state index contributed by atoms with van der Waals surface area (Å²) in [6.07, 6.45) is 7.76. The first-order valence-electron chi connectivity index (χ1n) is 6.62. The van der Waals surface area contributed by atoms with Crippen molar-refractivity contribution in [2.24, 2.45) is 0 Å². The van der Waals surface area contributed by atoms with Crippen molar-refractivity contribution in [3.05, 3.63) is 42.7 Å². The van der Waals surface area contributed by atoms with Gasteiger partial charge in [0.05, 0.1) is 6.20 Å². The first-order chi connectivity index (χ1) is 8.90. The second kappa shape index (κ2) is 6.97. The zero-order chi connectivity index (χ0) is 12.6. The summed E-state index contributed by atoms with van der Waals surface area (Å²) in [6, 6.07) is 10.4. The summed E-state index contributed by atoms with van der Waals surface area (Å²) < 4.78 is 2.04. The summed E-state index contributed by atoms with van der Waals surface area (Å²) in [5.74, 6) is 0. The van der Waals surface area contributed by atoms with E-state index < -0.39 is 0 Å². The lowest BCUT2D eigenvalue weighted by Gasteiger charge is -2.01. The monoisotopic (exact) mass is 243 g/mol. The van der Waals surface area contributed by atoms with Gasteiger partial charge in [0.1, 0.15) is 0 Å². The minimum Gasteiger partial charge on any atom is -0.320 e. The van der Waals surface area contributed by atoms with Crippen molar-refractivity contribution in [3.8, 4) is 11.1 Å². The second-order valence-corrected chi connectivity index (χ2v) is 4.52. The minimum atomic E-state index is 1.01. The average molecular weight is 243 g/mol. The topological polar surface area (TPSA) is 29.9 Å². The molecule has 0 aliphatic heterocycles. The lowest BCUT2D eigenvalue weighted by atomic mass is 10.1. The average Bonchev–Trinajstić information content (AvgIpc) is 2.88. The van der Waals surface area contributed by atoms with Crippen LogP contribution < -0.4 is 5.32 Å². The quantitative estimate of drug-likeness (QED) is 0.758. The zero-order valence-corrected chi connectivity index (χ0v) is 11.0. The number of hydrogen-bond donors (Lipinski definition) is 1. The molecule has 0 spiro atoms. The molecule has 3 heteroatoms. The smallest absolute Gasteiger partial charge is 0.0568 e. The van der Waals surface area contributed by atoms with E-state index in [-0.39, 0.29) is 0 Å². The molecule has 0 saturated heterocycles. The molecule has 2 rings (SSSR count). The maximum Gasteiger partial charge on any atom is 0.0568 e. The molecule has 2 aromatic rings. The summed E-state index contributed by atoms with van der Waals surface area (Å²) >= 11 is 0. The van der Waals surface area contributed by atoms with Gasteiger partial charge in [0.25, 0.3) is 0 Å². The van der Waals surface area contributed by atoms with E-state index in [4.69, 9.17) is 0 Å². The van der Waals surface area contributed by atoms with Gasteiger partial charge in [0.2, 0.25) is 0 Å². The molecule has 0 amide bonds. The highest BCUT2D eigenvalue weighted by Crippen LogP contribution is 2.17. The van der Waals surface area contributed by atoms with Gasteiger partial charge in [-0.3, -0.25) is 4.68 Å². The van der Waals surface area contributed by atoms with E-state index in [1.54, 1.807) is 0 Å². The van der Waals surface area contributed by atoms with E-state index in [0.717, 1.165) is 13.1 Å². The van der Waals surface area contributed by atoms with Crippen molar-refractivity contribution in [2.45, 2.75) is 25.8 Å². The molecular weight excluding hydrogens is 222 g/mol. The minimum absolute atomic E-state index is 1.01. The molecule has 0 fully saturated rings. The van der Waals surface area contributed by atoms with Crippen molar-refractivity contribution >= 4 is 0 Å². The zero-order valence-electron chi connectivity index (χ0n) is 11.0. The van der Waals surface area contributed by atoms with Crippen molar-refractivity contribution in [2.75, 3.05) is 13.6 Å². The number of aromatic nitrogens is 2. The first kappa shape index (κ1) is 12.8. The molecule has 3 nitrogen and oxygen atoms in total. The fourth-order valence-electron chi connectivity index (χ4n) is 2.02. The number of rotatable bonds is 7. The maximum absolute atomic E-state index is 4.41. The summed E-state index contributed by atoms with van der Waals surface area (Å²) in [5.41, 5.74) is 2.43. The van der Waals surface area contributed by atoms with E-state index in [9.17, 15) is 0 Å². The van der Waals surface area contributed by atoms with E-state index in [0.29, 0.717) is 0 Å². The standard InChI is InChI=1S/C15H21N3/c1-16-10-6-3-7-11-18-13-15(12-17-18)14-8-4-2-5-9-14/h2,4-5,8-9,12-13,16H,3,6-7,10-11H2,1H3. The van der Waals surface area contributed by atoms with Gasteiger partial charge in [0, 0.05) is 18.3 Å². The summed E-state index contributed by atoms with van der Waals surface area (Å²) in [4.78, 5) is 0. The van der Waals surface area contributed by atoms with E-state index >= 15 is 0 Å². The van der Waals surface area contributed by atoms with Crippen LogP contribution in [0.15, 0.2) is 42.7 Å². The molecule has 18 heavy (non-hydrogen) atoms. The highest BCUT2D eigenvalue weighted by atomic mass is 15.3. The van der Waals surface area contributed by atoms with E-state index in [1.165, 1.54) is 30.4 Å². The Bertz CT molecular complexity index is 448. The molecule has 0 radical (unpaired) electrons. The van der Waals surface area contributed by atoms with Gasteiger partial charge in [-0.05, 0) is 32.0 Å². The van der Waals surface area contributed by atoms with E-state index in [2.05, 4.69) is 40.9 Å². The Morgan fingerprint density at radius 2 is 1.89 bits per heavy atom. The second-order valence-electron chi connectivity index (χ2n) is 4.52. The Hall–Kier alpha value is -1.61. The number of aryl methyl sites for hydroxylation is 1. The lowest BCUT2D eigenvalue weighted by Crippen LogP contribution is -2.07. The molecule has 1 heterocycles. The molecule has 0 saturated carbocycles. The summed E-state index contributed by atoms with van der Waals surface area (Å²) in [5, 5.41) is 7.58. The first-order valence-corrected chi connectivity index (χ1v) is 6.62. The van der Waals surface area contributed by atoms with Crippen LogP contribution in [0.1, 0.15) is 19.3 Å². The van der Waals surface area contributed by atoms with E-state index in [1.807, 2.05) is 24.0 Å². The molecule has 1 N–H and O–H groups in total. The Balaban J connectivity index is 1.83. The van der Waals surface area contributed by atoms with Crippen molar-refractivity contribution < 1.29 is 0 Å². The van der Waals surface area contributed by atoms with Crippen LogP contribution in [0, 0.1) is 0 Å². The van der Waals surface area contributed by atoms with Crippen LogP contribution in [0.2, 0.25) is 0 Å². The summed E-state index contributed by atoms with van der Waals surface area (Å²) in [6.45, 7) is 2.12. The third-order valence-electron chi connectivity index (χ3n) is 3.05. The number of nitrogens with one attached hydrogen (secondary N) is 1. The number of nitrogens with zero attached hydrogens (tertiary/aromatic N) is 2. The highest BCUT2D eigenvalue weighted by molar-refractivity contribution is 5.61. The summed E-state index contributed by atoms with van der Waals surface area (Å²) in [7, 11) is 2.00. The number of benzene rings is 1. The Labute approximate surface area is 109 Å². The van der Waals surface area contributed by atoms with Crippen molar-refractivity contribution in [3.63, 3.8) is 0 Å². The van der Waals surface area contributed by atoms with Crippen LogP contribution >= 0.6 is 0 Å². The van der Waals surface area contributed by atoms with Crippen molar-refractivity contribution in [1.82, 2.24) is 15.1 Å². The predicted octanol–water partition coefficient (Wildman–Crippen LogP) is 2.94. The fraction of sp³-hybridized carbons (Fsp3) is 0.400. The van der Waals surface area contributed by atoms with Gasteiger partial charge in [-0.2, -0.15) is 5.10 Å². The van der Waals surface area contributed by atoms with Gasteiger partial charge in [0.15, 0.2) is 0 Å². The Morgan fingerprint density at radius 1 is 1.06 bits per heavy atom. The molecule has 1 aromatic carbocycles. The molecule has 0 unspecified atom stereocenters. The van der Waals surface area contributed by atoms with Gasteiger partial charge in [-0.15, -0.1) is 0 Å². The van der Waals surface area contributed by atoms with Crippen LogP contribution in [0.3, 0.4) is 0 Å². The third-order valence-corrected chi connectivity index (χ3v) is 3.05. The maximum atomic E-state index is 4.41. The molecule has 96 valence electrons. The van der Waals surface area contributed by atoms with Crippen molar-refractivity contribution in [1.29, 1.82) is 0 Å². The van der Waals surface area contributed by atoms with Crippen LogP contribution in [0.4, 0.5) is 0 Å². The predicted molar refractivity (Wildman–Crippen MR) is 75.4 cm³/mol. The van der Waals surface area contributed by atoms with Crippen LogP contribution in [-0.4, -0.2) is 23.4 Å². The fourth-order valence-corrected chi connectivity index (χ4v) is 2.02. The molecule has 0 aliphatic carbocycles. The van der Waals surface area contributed by atoms with Gasteiger partial charge in [-0.25, -0.2) is 0 Å². The SMILES string of the molecule is CNCCCCCn1cc(-c2ccccc2)cn1. The van der Waals surface area contributed by atoms with Gasteiger partial charge < -0.3 is 5.32 Å². The number of hydrogen-bond acceptors (Lipinski definition) is 2. The largest absolute Gasteiger partial charge is 0.320 e. The highest BCUT2D eigenvalue weighted by Gasteiger charge is 2.00. The molecule has 0 bridgehead atoms. The molecule has 0 aliphatic rings. The van der Waals surface area contributed by atoms with Crippen LogP contribution in [-0.2, 0) is 6.54 Å². The number of unbranched alkanes of at least 4 members (excludes halogenated alkanes) is 2. The Kier molecular flexibility index (Phi) is 4.97. The molecule has 1 aromatic heterocycles. The lowest BCUT2D eigenvalue weighted by molar-refractivity contribution is 0.538. The van der Waals surface area contributed by atoms with Gasteiger partial charge >= 0.3 is 0 Å².